The first-order valence-corrected chi connectivity index (χ1v) is 10.0. The summed E-state index contributed by atoms with van der Waals surface area (Å²) < 4.78 is 0. The Bertz CT molecular complexity index is 1140. The van der Waals surface area contributed by atoms with E-state index in [1.54, 1.807) is 18.2 Å². The monoisotopic (exact) mass is 399 g/mol. The summed E-state index contributed by atoms with van der Waals surface area (Å²) in [6.07, 6.45) is 0. The van der Waals surface area contributed by atoms with Gasteiger partial charge in [-0.3, -0.25) is 0 Å². The largest absolute Gasteiger partial charge is 0.478 e. The molecule has 0 aliphatic carbocycles. The van der Waals surface area contributed by atoms with Crippen LogP contribution in [0.4, 0.5) is 0 Å². The van der Waals surface area contributed by atoms with E-state index in [-0.39, 0.29) is 5.56 Å². The number of carbonyl (C=O) groups is 1. The minimum atomic E-state index is -0.940. The van der Waals surface area contributed by atoms with Crippen LogP contribution in [0.1, 0.15) is 15.9 Å². The zero-order chi connectivity index (χ0) is 20.1. The van der Waals surface area contributed by atoms with Gasteiger partial charge < -0.3 is 5.11 Å². The van der Waals surface area contributed by atoms with Crippen molar-refractivity contribution in [2.45, 2.75) is 10.9 Å². The molecule has 1 aromatic heterocycles. The molecule has 6 heteroatoms. The maximum absolute atomic E-state index is 11.4. The van der Waals surface area contributed by atoms with E-state index in [1.807, 2.05) is 66.7 Å². The highest BCUT2D eigenvalue weighted by Crippen LogP contribution is 2.30. The Morgan fingerprint density at radius 1 is 0.759 bits per heavy atom. The molecule has 0 unspecified atom stereocenters. The molecule has 4 rings (SSSR count). The molecule has 1 N–H and O–H groups in total. The van der Waals surface area contributed by atoms with E-state index in [9.17, 15) is 9.90 Å². The molecular formula is C23H17N3O2S. The summed E-state index contributed by atoms with van der Waals surface area (Å²) in [7, 11) is 0. The lowest BCUT2D eigenvalue weighted by Gasteiger charge is -2.10. The normalized spacial score (nSPS) is 10.6. The maximum atomic E-state index is 11.4. The molecule has 0 bridgehead atoms. The summed E-state index contributed by atoms with van der Waals surface area (Å²) in [5.41, 5.74) is 4.38. The van der Waals surface area contributed by atoms with Crippen LogP contribution in [-0.2, 0) is 5.75 Å². The molecule has 0 aliphatic heterocycles. The lowest BCUT2D eigenvalue weighted by atomic mass is 10.0. The van der Waals surface area contributed by atoms with Gasteiger partial charge in [-0.05, 0) is 11.6 Å². The van der Waals surface area contributed by atoms with Crippen molar-refractivity contribution in [1.29, 1.82) is 0 Å². The van der Waals surface area contributed by atoms with Crippen LogP contribution in [0, 0.1) is 0 Å². The van der Waals surface area contributed by atoms with Crippen molar-refractivity contribution >= 4 is 17.7 Å². The number of aromatic nitrogens is 3. The maximum Gasteiger partial charge on any atom is 0.335 e. The van der Waals surface area contributed by atoms with Gasteiger partial charge in [0.1, 0.15) is 11.4 Å². The molecule has 0 spiro atoms. The zero-order valence-corrected chi connectivity index (χ0v) is 16.2. The van der Waals surface area contributed by atoms with Gasteiger partial charge in [0.15, 0.2) is 0 Å². The van der Waals surface area contributed by atoms with Gasteiger partial charge in [0.25, 0.3) is 0 Å². The number of hydrogen-bond donors (Lipinski definition) is 1. The number of rotatable bonds is 6. The Labute approximate surface area is 172 Å². The minimum Gasteiger partial charge on any atom is -0.478 e. The third-order valence-corrected chi connectivity index (χ3v) is 5.25. The Balaban J connectivity index is 1.69. The molecule has 1 heterocycles. The summed E-state index contributed by atoms with van der Waals surface area (Å²) in [6.45, 7) is 0. The van der Waals surface area contributed by atoms with Crippen LogP contribution in [0.25, 0.3) is 22.5 Å². The summed E-state index contributed by atoms with van der Waals surface area (Å²) in [5, 5.41) is 18.6. The van der Waals surface area contributed by atoms with Crippen LogP contribution in [-0.4, -0.2) is 26.3 Å². The predicted octanol–water partition coefficient (Wildman–Crippen LogP) is 5.20. The van der Waals surface area contributed by atoms with Crippen LogP contribution in [0.3, 0.4) is 0 Å². The number of carboxylic acid groups (broad SMARTS) is 1. The molecule has 0 atom stereocenters. The van der Waals surface area contributed by atoms with Crippen LogP contribution in [0.2, 0.25) is 0 Å². The fraction of sp³-hybridized carbons (Fsp3) is 0.0435. The number of aromatic carboxylic acids is 1. The molecular weight excluding hydrogens is 382 g/mol. The number of hydrogen-bond acceptors (Lipinski definition) is 5. The van der Waals surface area contributed by atoms with Crippen LogP contribution in [0.15, 0.2) is 90.1 Å². The molecule has 0 saturated heterocycles. The summed E-state index contributed by atoms with van der Waals surface area (Å²) in [6, 6.07) is 26.6. The molecule has 4 aromatic rings. The van der Waals surface area contributed by atoms with Gasteiger partial charge in [0.2, 0.25) is 5.16 Å². The quantitative estimate of drug-likeness (QED) is 0.449. The number of carboxylic acids is 1. The van der Waals surface area contributed by atoms with E-state index in [2.05, 4.69) is 10.2 Å². The van der Waals surface area contributed by atoms with E-state index in [1.165, 1.54) is 11.8 Å². The molecule has 0 radical (unpaired) electrons. The van der Waals surface area contributed by atoms with Crippen LogP contribution >= 0.6 is 11.8 Å². The highest BCUT2D eigenvalue weighted by atomic mass is 32.2. The molecule has 0 saturated carbocycles. The number of benzene rings is 3. The number of thioether (sulfide) groups is 1. The van der Waals surface area contributed by atoms with E-state index in [0.29, 0.717) is 16.6 Å². The van der Waals surface area contributed by atoms with Crippen molar-refractivity contribution in [2.24, 2.45) is 0 Å². The van der Waals surface area contributed by atoms with Crippen molar-refractivity contribution < 1.29 is 9.90 Å². The molecule has 142 valence electrons. The van der Waals surface area contributed by atoms with Gasteiger partial charge >= 0.3 is 5.97 Å². The standard InChI is InChI=1S/C23H17N3O2S/c27-22(28)19-14-8-7-13-18(19)15-29-23-24-20(16-9-3-1-4-10-16)21(25-26-23)17-11-5-2-6-12-17/h1-14H,15H2,(H,27,28). The first-order chi connectivity index (χ1) is 14.2. The first-order valence-electron chi connectivity index (χ1n) is 9.02. The Morgan fingerprint density at radius 2 is 1.34 bits per heavy atom. The Morgan fingerprint density at radius 3 is 2.00 bits per heavy atom. The van der Waals surface area contributed by atoms with E-state index in [0.717, 1.165) is 22.4 Å². The first kappa shape index (κ1) is 18.8. The Hall–Kier alpha value is -3.51. The smallest absolute Gasteiger partial charge is 0.335 e. The van der Waals surface area contributed by atoms with Crippen molar-refractivity contribution in [3.05, 3.63) is 96.1 Å². The van der Waals surface area contributed by atoms with Crippen molar-refractivity contribution in [1.82, 2.24) is 15.2 Å². The van der Waals surface area contributed by atoms with Gasteiger partial charge in [0, 0.05) is 16.9 Å². The highest BCUT2D eigenvalue weighted by Gasteiger charge is 2.15. The van der Waals surface area contributed by atoms with Gasteiger partial charge in [0.05, 0.1) is 5.56 Å². The SMILES string of the molecule is O=C(O)c1ccccc1CSc1nnc(-c2ccccc2)c(-c2ccccc2)n1. The molecule has 0 fully saturated rings. The second kappa shape index (κ2) is 8.67. The van der Waals surface area contributed by atoms with Gasteiger partial charge in [-0.2, -0.15) is 0 Å². The summed E-state index contributed by atoms with van der Waals surface area (Å²) in [5.74, 6) is -0.493. The molecule has 0 amide bonds. The van der Waals surface area contributed by atoms with Crippen LogP contribution in [0.5, 0.6) is 0 Å². The number of nitrogens with zero attached hydrogens (tertiary/aromatic N) is 3. The average molecular weight is 399 g/mol. The Kier molecular flexibility index (Phi) is 5.63. The van der Waals surface area contributed by atoms with Crippen molar-refractivity contribution in [3.8, 4) is 22.5 Å². The van der Waals surface area contributed by atoms with Crippen molar-refractivity contribution in [3.63, 3.8) is 0 Å². The third-order valence-electron chi connectivity index (χ3n) is 4.37. The fourth-order valence-electron chi connectivity index (χ4n) is 2.96. The lowest BCUT2D eigenvalue weighted by molar-refractivity contribution is 0.0696. The molecule has 5 nitrogen and oxygen atoms in total. The highest BCUT2D eigenvalue weighted by molar-refractivity contribution is 7.98. The fourth-order valence-corrected chi connectivity index (χ4v) is 3.75. The van der Waals surface area contributed by atoms with Gasteiger partial charge in [-0.1, -0.05) is 90.6 Å². The molecule has 29 heavy (non-hydrogen) atoms. The zero-order valence-electron chi connectivity index (χ0n) is 15.4. The second-order valence-electron chi connectivity index (χ2n) is 6.27. The third kappa shape index (κ3) is 4.33. The average Bonchev–Trinajstić information content (AvgIpc) is 2.79. The lowest BCUT2D eigenvalue weighted by Crippen LogP contribution is -2.02. The van der Waals surface area contributed by atoms with E-state index in [4.69, 9.17) is 4.98 Å². The summed E-state index contributed by atoms with van der Waals surface area (Å²) in [4.78, 5) is 16.2. The van der Waals surface area contributed by atoms with Gasteiger partial charge in [-0.15, -0.1) is 10.2 Å². The van der Waals surface area contributed by atoms with Crippen LogP contribution < -0.4 is 0 Å². The molecule has 3 aromatic carbocycles. The van der Waals surface area contributed by atoms with Crippen molar-refractivity contribution in [2.75, 3.05) is 0 Å². The van der Waals surface area contributed by atoms with Gasteiger partial charge in [-0.25, -0.2) is 9.78 Å². The van der Waals surface area contributed by atoms with E-state index < -0.39 is 5.97 Å². The summed E-state index contributed by atoms with van der Waals surface area (Å²) >= 11 is 1.37. The predicted molar refractivity (Wildman–Crippen MR) is 114 cm³/mol. The molecule has 0 aliphatic rings. The van der Waals surface area contributed by atoms with E-state index >= 15 is 0 Å². The topological polar surface area (TPSA) is 76.0 Å². The second-order valence-corrected chi connectivity index (χ2v) is 7.22. The minimum absolute atomic E-state index is 0.289.